The van der Waals surface area contributed by atoms with Gasteiger partial charge in [0.05, 0.1) is 13.2 Å². The topological polar surface area (TPSA) is 41.9 Å². The number of aromatic hydroxyl groups is 1. The van der Waals surface area contributed by atoms with Gasteiger partial charge in [0, 0.05) is 25.3 Å². The predicted octanol–water partition coefficient (Wildman–Crippen LogP) is 2.40. The lowest BCUT2D eigenvalue weighted by Gasteiger charge is -2.24. The van der Waals surface area contributed by atoms with Crippen molar-refractivity contribution in [3.63, 3.8) is 0 Å². The van der Waals surface area contributed by atoms with E-state index in [0.29, 0.717) is 11.9 Å². The van der Waals surface area contributed by atoms with Gasteiger partial charge in [0.2, 0.25) is 0 Å². The highest BCUT2D eigenvalue weighted by atomic mass is 16.5. The lowest BCUT2D eigenvalue weighted by Crippen LogP contribution is -2.31. The molecule has 0 spiro atoms. The summed E-state index contributed by atoms with van der Waals surface area (Å²) < 4.78 is 10.9. The van der Waals surface area contributed by atoms with E-state index in [1.165, 1.54) is 0 Å². The Balaban J connectivity index is 2.00. The number of hydrogen-bond acceptors (Lipinski definition) is 4. The van der Waals surface area contributed by atoms with E-state index in [0.717, 1.165) is 50.4 Å². The molecule has 1 atom stereocenters. The van der Waals surface area contributed by atoms with Crippen molar-refractivity contribution in [3.8, 4) is 11.5 Å². The molecule has 0 bridgehead atoms. The molecule has 1 heterocycles. The van der Waals surface area contributed by atoms with E-state index in [1.54, 1.807) is 19.2 Å². The van der Waals surface area contributed by atoms with Gasteiger partial charge in [-0.1, -0.05) is 6.92 Å². The van der Waals surface area contributed by atoms with Gasteiger partial charge in [0.25, 0.3) is 0 Å². The zero-order valence-corrected chi connectivity index (χ0v) is 11.8. The zero-order valence-electron chi connectivity index (χ0n) is 11.8. The number of phenols is 1. The van der Waals surface area contributed by atoms with Crippen LogP contribution in [0.25, 0.3) is 0 Å². The molecule has 1 saturated heterocycles. The van der Waals surface area contributed by atoms with Crippen molar-refractivity contribution in [1.29, 1.82) is 0 Å². The highest BCUT2D eigenvalue weighted by Crippen LogP contribution is 2.24. The van der Waals surface area contributed by atoms with Crippen LogP contribution < -0.4 is 4.74 Å². The third-order valence-electron chi connectivity index (χ3n) is 3.61. The van der Waals surface area contributed by atoms with Crippen molar-refractivity contribution in [2.24, 2.45) is 0 Å². The summed E-state index contributed by atoms with van der Waals surface area (Å²) in [6, 6.07) is 5.36. The molecule has 1 aliphatic heterocycles. The summed E-state index contributed by atoms with van der Waals surface area (Å²) in [5.41, 5.74) is 0.902. The number of methoxy groups -OCH3 is 1. The fraction of sp³-hybridized carbons (Fsp3) is 0.600. The molecule has 1 unspecified atom stereocenters. The standard InChI is InChI=1S/C15H23NO3/c1-3-16(11-14-5-4-8-19-14)10-12-9-13(18-2)6-7-15(12)17/h6-7,9,14,17H,3-5,8,10-11H2,1-2H3. The fourth-order valence-electron chi connectivity index (χ4n) is 2.44. The first-order valence-electron chi connectivity index (χ1n) is 6.92. The lowest BCUT2D eigenvalue weighted by atomic mass is 10.1. The highest BCUT2D eigenvalue weighted by molar-refractivity contribution is 5.39. The van der Waals surface area contributed by atoms with Gasteiger partial charge in [-0.25, -0.2) is 0 Å². The van der Waals surface area contributed by atoms with Gasteiger partial charge in [0.1, 0.15) is 11.5 Å². The van der Waals surface area contributed by atoms with E-state index < -0.39 is 0 Å². The molecule has 106 valence electrons. The number of rotatable bonds is 6. The minimum Gasteiger partial charge on any atom is -0.508 e. The largest absolute Gasteiger partial charge is 0.508 e. The Morgan fingerprint density at radius 1 is 1.47 bits per heavy atom. The molecular formula is C15H23NO3. The molecule has 2 rings (SSSR count). The second-order valence-electron chi connectivity index (χ2n) is 4.96. The number of ether oxygens (including phenoxy) is 2. The maximum Gasteiger partial charge on any atom is 0.120 e. The molecule has 0 radical (unpaired) electrons. The van der Waals surface area contributed by atoms with Crippen LogP contribution in [-0.4, -0.2) is 42.9 Å². The van der Waals surface area contributed by atoms with Crippen LogP contribution in [0.4, 0.5) is 0 Å². The lowest BCUT2D eigenvalue weighted by molar-refractivity contribution is 0.0722. The Hall–Kier alpha value is -1.26. The number of nitrogens with zero attached hydrogens (tertiary/aromatic N) is 1. The van der Waals surface area contributed by atoms with Gasteiger partial charge in [-0.2, -0.15) is 0 Å². The third-order valence-corrected chi connectivity index (χ3v) is 3.61. The van der Waals surface area contributed by atoms with E-state index in [9.17, 15) is 5.11 Å². The molecule has 1 aromatic carbocycles. The summed E-state index contributed by atoms with van der Waals surface area (Å²) in [5, 5.41) is 9.92. The third kappa shape index (κ3) is 3.85. The van der Waals surface area contributed by atoms with Gasteiger partial charge in [0.15, 0.2) is 0 Å². The van der Waals surface area contributed by atoms with Gasteiger partial charge < -0.3 is 14.6 Å². The zero-order chi connectivity index (χ0) is 13.7. The van der Waals surface area contributed by atoms with Gasteiger partial charge >= 0.3 is 0 Å². The molecule has 1 aliphatic rings. The van der Waals surface area contributed by atoms with Crippen LogP contribution >= 0.6 is 0 Å². The van der Waals surface area contributed by atoms with Crippen LogP contribution in [-0.2, 0) is 11.3 Å². The van der Waals surface area contributed by atoms with E-state index in [2.05, 4.69) is 11.8 Å². The Morgan fingerprint density at radius 3 is 2.95 bits per heavy atom. The van der Waals surface area contributed by atoms with Crippen molar-refractivity contribution in [2.45, 2.75) is 32.4 Å². The van der Waals surface area contributed by atoms with Gasteiger partial charge in [-0.15, -0.1) is 0 Å². The van der Waals surface area contributed by atoms with Crippen LogP contribution in [0.15, 0.2) is 18.2 Å². The molecule has 1 fully saturated rings. The van der Waals surface area contributed by atoms with Gasteiger partial charge in [-0.05, 0) is 37.6 Å². The van der Waals surface area contributed by atoms with Crippen molar-refractivity contribution in [3.05, 3.63) is 23.8 Å². The molecular weight excluding hydrogens is 242 g/mol. The van der Waals surface area contributed by atoms with Crippen molar-refractivity contribution < 1.29 is 14.6 Å². The van der Waals surface area contributed by atoms with Crippen LogP contribution in [0.2, 0.25) is 0 Å². The second kappa shape index (κ2) is 6.78. The Labute approximate surface area is 114 Å². The number of likely N-dealkylation sites (N-methyl/N-ethyl adjacent to an activating group) is 1. The molecule has 0 amide bonds. The summed E-state index contributed by atoms with van der Waals surface area (Å²) >= 11 is 0. The maximum atomic E-state index is 9.92. The van der Waals surface area contributed by atoms with E-state index in [4.69, 9.17) is 9.47 Å². The van der Waals surface area contributed by atoms with Crippen molar-refractivity contribution in [1.82, 2.24) is 4.90 Å². The highest BCUT2D eigenvalue weighted by Gasteiger charge is 2.19. The first-order chi connectivity index (χ1) is 9.22. The summed E-state index contributed by atoms with van der Waals surface area (Å²) in [6.07, 6.45) is 2.64. The molecule has 0 aromatic heterocycles. The van der Waals surface area contributed by atoms with Crippen LogP contribution in [0.5, 0.6) is 11.5 Å². The Bertz CT molecular complexity index is 402. The summed E-state index contributed by atoms with van der Waals surface area (Å²) in [7, 11) is 1.64. The second-order valence-corrected chi connectivity index (χ2v) is 4.96. The van der Waals surface area contributed by atoms with Crippen LogP contribution in [0.3, 0.4) is 0 Å². The van der Waals surface area contributed by atoms with Gasteiger partial charge in [-0.3, -0.25) is 4.90 Å². The molecule has 4 nitrogen and oxygen atoms in total. The summed E-state index contributed by atoms with van der Waals surface area (Å²) in [6.45, 7) is 5.60. The average molecular weight is 265 g/mol. The molecule has 0 saturated carbocycles. The quantitative estimate of drug-likeness (QED) is 0.857. The summed E-state index contributed by atoms with van der Waals surface area (Å²) in [4.78, 5) is 2.30. The maximum absolute atomic E-state index is 9.92. The minimum absolute atomic E-state index is 0.326. The normalized spacial score (nSPS) is 19.0. The molecule has 1 N–H and O–H groups in total. The molecule has 0 aliphatic carbocycles. The number of benzene rings is 1. The van der Waals surface area contributed by atoms with E-state index >= 15 is 0 Å². The minimum atomic E-state index is 0.326. The Kier molecular flexibility index (Phi) is 5.05. The predicted molar refractivity (Wildman–Crippen MR) is 74.6 cm³/mol. The fourth-order valence-corrected chi connectivity index (χ4v) is 2.44. The number of hydrogen-bond donors (Lipinski definition) is 1. The monoisotopic (exact) mass is 265 g/mol. The molecule has 19 heavy (non-hydrogen) atoms. The van der Waals surface area contributed by atoms with Crippen LogP contribution in [0, 0.1) is 0 Å². The van der Waals surface area contributed by atoms with Crippen LogP contribution in [0.1, 0.15) is 25.3 Å². The first kappa shape index (κ1) is 14.2. The SMILES string of the molecule is CCN(Cc1cc(OC)ccc1O)CC1CCCO1. The van der Waals surface area contributed by atoms with E-state index in [-0.39, 0.29) is 0 Å². The molecule has 4 heteroatoms. The van der Waals surface area contributed by atoms with Crippen molar-refractivity contribution >= 4 is 0 Å². The first-order valence-corrected chi connectivity index (χ1v) is 6.92. The summed E-state index contributed by atoms with van der Waals surface area (Å²) in [5.74, 6) is 1.10. The Morgan fingerprint density at radius 2 is 2.32 bits per heavy atom. The average Bonchev–Trinajstić information content (AvgIpc) is 2.93. The number of phenolic OH excluding ortho intramolecular Hbond substituents is 1. The van der Waals surface area contributed by atoms with Crippen molar-refractivity contribution in [2.75, 3.05) is 26.8 Å². The smallest absolute Gasteiger partial charge is 0.120 e. The van der Waals surface area contributed by atoms with E-state index in [1.807, 2.05) is 6.07 Å². The molecule has 1 aromatic rings.